The third-order valence-electron chi connectivity index (χ3n) is 6.52. The Balaban J connectivity index is 1.33. The monoisotopic (exact) mass is 461 g/mol. The van der Waals surface area contributed by atoms with Gasteiger partial charge in [0.25, 0.3) is 0 Å². The van der Waals surface area contributed by atoms with Crippen LogP contribution in [0.5, 0.6) is 5.75 Å². The number of hydrogen-bond acceptors (Lipinski definition) is 10. The van der Waals surface area contributed by atoms with Crippen molar-refractivity contribution >= 4 is 23.1 Å². The number of aromatic hydroxyl groups is 1. The first-order valence-corrected chi connectivity index (χ1v) is 11.8. The summed E-state index contributed by atoms with van der Waals surface area (Å²) in [5.41, 5.74) is 3.37. The van der Waals surface area contributed by atoms with Gasteiger partial charge in [0.1, 0.15) is 5.75 Å². The maximum atomic E-state index is 10.3. The fraction of sp³-hybridized carbons (Fsp3) is 0.417. The predicted molar refractivity (Wildman–Crippen MR) is 135 cm³/mol. The first-order valence-electron chi connectivity index (χ1n) is 11.8. The third-order valence-corrected chi connectivity index (χ3v) is 6.52. The number of hydrogen-bond donors (Lipinski definition) is 3. The maximum absolute atomic E-state index is 10.3. The van der Waals surface area contributed by atoms with Crippen molar-refractivity contribution in [3.8, 4) is 17.0 Å². The lowest BCUT2D eigenvalue weighted by atomic mass is 10.1. The zero-order valence-corrected chi connectivity index (χ0v) is 19.6. The number of para-hydroxylation sites is 1. The van der Waals surface area contributed by atoms with Crippen LogP contribution < -0.4 is 25.3 Å². The van der Waals surface area contributed by atoms with Crippen LogP contribution in [0, 0.1) is 0 Å². The number of rotatable bonds is 5. The number of nitrogens with one attached hydrogen (secondary N) is 2. The molecule has 5 rings (SSSR count). The van der Waals surface area contributed by atoms with Crippen LogP contribution in [0.4, 0.5) is 23.1 Å². The lowest BCUT2D eigenvalue weighted by Gasteiger charge is -2.41. The van der Waals surface area contributed by atoms with E-state index < -0.39 is 0 Å². The molecule has 2 aliphatic rings. The molecular formula is C24H31N9O. The lowest BCUT2D eigenvalue weighted by Crippen LogP contribution is -2.53. The molecule has 2 saturated heterocycles. The molecule has 0 amide bonds. The summed E-state index contributed by atoms with van der Waals surface area (Å²) in [6.45, 7) is 8.53. The van der Waals surface area contributed by atoms with E-state index in [1.165, 1.54) is 0 Å². The third kappa shape index (κ3) is 4.41. The van der Waals surface area contributed by atoms with Crippen molar-refractivity contribution in [1.82, 2.24) is 25.5 Å². The van der Waals surface area contributed by atoms with Gasteiger partial charge in [-0.15, -0.1) is 10.2 Å². The van der Waals surface area contributed by atoms with E-state index in [1.54, 1.807) is 12.1 Å². The van der Waals surface area contributed by atoms with E-state index in [-0.39, 0.29) is 11.8 Å². The van der Waals surface area contributed by atoms with Gasteiger partial charge in [0.15, 0.2) is 5.82 Å². The Morgan fingerprint density at radius 1 is 1.00 bits per heavy atom. The Bertz CT molecular complexity index is 1120. The van der Waals surface area contributed by atoms with E-state index in [2.05, 4.69) is 52.4 Å². The molecule has 2 aromatic heterocycles. The van der Waals surface area contributed by atoms with Crippen molar-refractivity contribution in [2.75, 3.05) is 72.9 Å². The molecule has 10 heteroatoms. The molecule has 0 saturated carbocycles. The molecule has 0 radical (unpaired) electrons. The van der Waals surface area contributed by atoms with Crippen LogP contribution in [0.3, 0.4) is 0 Å². The van der Waals surface area contributed by atoms with Gasteiger partial charge in [-0.1, -0.05) is 12.1 Å². The first-order chi connectivity index (χ1) is 16.6. The molecule has 1 atom stereocenters. The summed E-state index contributed by atoms with van der Waals surface area (Å²) in [6.07, 6.45) is 3.88. The van der Waals surface area contributed by atoms with E-state index in [4.69, 9.17) is 0 Å². The Hall–Kier alpha value is -3.66. The average molecular weight is 462 g/mol. The molecule has 0 aliphatic carbocycles. The van der Waals surface area contributed by atoms with Crippen LogP contribution in [0.1, 0.15) is 6.92 Å². The lowest BCUT2D eigenvalue weighted by molar-refractivity contribution is 0.477. The van der Waals surface area contributed by atoms with Crippen molar-refractivity contribution in [1.29, 1.82) is 0 Å². The number of nitrogens with zero attached hydrogens (tertiary/aromatic N) is 7. The Kier molecular flexibility index (Phi) is 6.31. The molecule has 178 valence electrons. The second kappa shape index (κ2) is 9.68. The number of benzene rings is 1. The van der Waals surface area contributed by atoms with Crippen LogP contribution >= 0.6 is 0 Å². The molecule has 3 N–H and O–H groups in total. The van der Waals surface area contributed by atoms with E-state index in [0.29, 0.717) is 11.3 Å². The molecule has 10 nitrogen and oxygen atoms in total. The Morgan fingerprint density at radius 2 is 1.76 bits per heavy atom. The summed E-state index contributed by atoms with van der Waals surface area (Å²) in [6, 6.07) is 9.41. The first kappa shape index (κ1) is 22.1. The summed E-state index contributed by atoms with van der Waals surface area (Å²) in [5.74, 6) is 1.68. The molecule has 2 fully saturated rings. The van der Waals surface area contributed by atoms with Crippen LogP contribution in [-0.2, 0) is 0 Å². The highest BCUT2D eigenvalue weighted by atomic mass is 16.3. The number of piperazine rings is 2. The normalized spacial score (nSPS) is 18.8. The predicted octanol–water partition coefficient (Wildman–Crippen LogP) is 1.81. The van der Waals surface area contributed by atoms with Crippen molar-refractivity contribution in [2.24, 2.45) is 0 Å². The standard InChI is InChI=1S/C24H31N9O/c1-17-16-32(24-27-14-18(15-28-24)31-9-7-26-8-10-31)11-12-33(17)21-13-20(29-30-23(21)25-2)19-5-3-4-6-22(19)34/h3-6,13-15,17,26,34H,7-12,16H2,1-2H3,(H,25,30)/t17-/m0/s1. The van der Waals surface area contributed by atoms with Crippen LogP contribution in [0.15, 0.2) is 42.7 Å². The molecule has 4 heterocycles. The molecule has 2 aliphatic heterocycles. The SMILES string of the molecule is CNc1nnc(-c2ccccc2O)cc1N1CCN(c2ncc(N3CCNCC3)cn2)C[C@@H]1C. The van der Waals surface area contributed by atoms with Gasteiger partial charge in [0, 0.05) is 64.5 Å². The minimum atomic E-state index is 0.194. The average Bonchev–Trinajstić information content (AvgIpc) is 2.89. The van der Waals surface area contributed by atoms with Gasteiger partial charge in [-0.2, -0.15) is 0 Å². The molecule has 3 aromatic rings. The summed E-state index contributed by atoms with van der Waals surface area (Å²) >= 11 is 0. The van der Waals surface area contributed by atoms with Crippen molar-refractivity contribution in [3.05, 3.63) is 42.7 Å². The van der Waals surface area contributed by atoms with Crippen molar-refractivity contribution < 1.29 is 5.11 Å². The highest BCUT2D eigenvalue weighted by Crippen LogP contribution is 2.34. The van der Waals surface area contributed by atoms with Crippen molar-refractivity contribution in [3.63, 3.8) is 0 Å². The second-order valence-electron chi connectivity index (χ2n) is 8.70. The van der Waals surface area contributed by atoms with Gasteiger partial charge in [0.05, 0.1) is 29.5 Å². The fourth-order valence-electron chi connectivity index (χ4n) is 4.66. The minimum absolute atomic E-state index is 0.194. The van der Waals surface area contributed by atoms with Gasteiger partial charge >= 0.3 is 0 Å². The molecule has 0 bridgehead atoms. The van der Waals surface area contributed by atoms with Crippen LogP contribution in [-0.4, -0.2) is 84.2 Å². The van der Waals surface area contributed by atoms with Crippen LogP contribution in [0.25, 0.3) is 11.3 Å². The van der Waals surface area contributed by atoms with Gasteiger partial charge < -0.3 is 30.4 Å². The van der Waals surface area contributed by atoms with E-state index in [0.717, 1.165) is 69.0 Å². The van der Waals surface area contributed by atoms with Gasteiger partial charge in [0.2, 0.25) is 5.95 Å². The second-order valence-corrected chi connectivity index (χ2v) is 8.70. The van der Waals surface area contributed by atoms with E-state index in [1.807, 2.05) is 37.6 Å². The molecule has 1 aromatic carbocycles. The zero-order chi connectivity index (χ0) is 23.5. The molecule has 34 heavy (non-hydrogen) atoms. The largest absolute Gasteiger partial charge is 0.507 e. The quantitative estimate of drug-likeness (QED) is 0.521. The van der Waals surface area contributed by atoms with Crippen molar-refractivity contribution in [2.45, 2.75) is 13.0 Å². The van der Waals surface area contributed by atoms with E-state index in [9.17, 15) is 5.11 Å². The number of aromatic nitrogens is 4. The molecule has 0 unspecified atom stereocenters. The summed E-state index contributed by atoms with van der Waals surface area (Å²) in [5, 5.41) is 25.5. The zero-order valence-electron chi connectivity index (χ0n) is 19.6. The smallest absolute Gasteiger partial charge is 0.225 e. The molecular weight excluding hydrogens is 430 g/mol. The highest BCUT2D eigenvalue weighted by molar-refractivity contribution is 5.75. The maximum Gasteiger partial charge on any atom is 0.225 e. The topological polar surface area (TPSA) is 106 Å². The van der Waals surface area contributed by atoms with E-state index >= 15 is 0 Å². The van der Waals surface area contributed by atoms with Gasteiger partial charge in [-0.05, 0) is 25.1 Å². The minimum Gasteiger partial charge on any atom is -0.507 e. The van der Waals surface area contributed by atoms with Crippen LogP contribution in [0.2, 0.25) is 0 Å². The number of anilines is 4. The summed E-state index contributed by atoms with van der Waals surface area (Å²) < 4.78 is 0. The highest BCUT2D eigenvalue weighted by Gasteiger charge is 2.28. The Morgan fingerprint density at radius 3 is 2.47 bits per heavy atom. The van der Waals surface area contributed by atoms with Gasteiger partial charge in [-0.3, -0.25) is 0 Å². The molecule has 0 spiro atoms. The number of phenolic OH excluding ortho intramolecular Hbond substituents is 1. The Labute approximate surface area is 199 Å². The fourth-order valence-corrected chi connectivity index (χ4v) is 4.66. The number of phenols is 1. The summed E-state index contributed by atoms with van der Waals surface area (Å²) in [4.78, 5) is 16.2. The summed E-state index contributed by atoms with van der Waals surface area (Å²) in [7, 11) is 1.85. The van der Waals surface area contributed by atoms with Gasteiger partial charge in [-0.25, -0.2) is 9.97 Å².